The molecule has 0 amide bonds. The van der Waals surface area contributed by atoms with Crippen molar-refractivity contribution in [1.29, 1.82) is 0 Å². The molecule has 1 atom stereocenters. The van der Waals surface area contributed by atoms with Crippen molar-refractivity contribution in [2.24, 2.45) is 5.92 Å². The average Bonchev–Trinajstić information content (AvgIpc) is 3.06. The first-order valence-electron chi connectivity index (χ1n) is 7.16. The van der Waals surface area contributed by atoms with Crippen LogP contribution < -0.4 is 9.47 Å². The summed E-state index contributed by atoms with van der Waals surface area (Å²) in [6.45, 7) is 0. The van der Waals surface area contributed by atoms with Gasteiger partial charge in [0.05, 0.1) is 39.7 Å². The van der Waals surface area contributed by atoms with Crippen LogP contribution in [-0.2, 0) is 19.1 Å². The second kappa shape index (κ2) is 7.93. The Balaban J connectivity index is 2.42. The second-order valence-corrected chi connectivity index (χ2v) is 5.96. The molecule has 0 aliphatic heterocycles. The monoisotopic (exact) mass is 367 g/mol. The first kappa shape index (κ1) is 18.7. The molecule has 8 nitrogen and oxygen atoms in total. The SMILES string of the molecule is COC(=O)CC(C(=O)OC)C(=O)c1cc2cc(OC)c(OC)nc2s1. The minimum atomic E-state index is -1.27. The number of ether oxygens (including phenoxy) is 4. The van der Waals surface area contributed by atoms with Crippen LogP contribution in [0, 0.1) is 5.92 Å². The van der Waals surface area contributed by atoms with Crippen LogP contribution in [0.5, 0.6) is 11.6 Å². The van der Waals surface area contributed by atoms with E-state index in [1.165, 1.54) is 21.3 Å². The Morgan fingerprint density at radius 1 is 1.08 bits per heavy atom. The molecule has 2 aromatic rings. The van der Waals surface area contributed by atoms with Gasteiger partial charge < -0.3 is 18.9 Å². The van der Waals surface area contributed by atoms with Crippen molar-refractivity contribution < 1.29 is 33.3 Å². The van der Waals surface area contributed by atoms with Gasteiger partial charge >= 0.3 is 11.9 Å². The van der Waals surface area contributed by atoms with Gasteiger partial charge in [0, 0.05) is 5.39 Å². The molecule has 2 heterocycles. The Kier molecular flexibility index (Phi) is 5.92. The van der Waals surface area contributed by atoms with Gasteiger partial charge in [0.2, 0.25) is 0 Å². The smallest absolute Gasteiger partial charge is 0.317 e. The van der Waals surface area contributed by atoms with E-state index in [1.807, 2.05) is 0 Å². The lowest BCUT2D eigenvalue weighted by atomic mass is 9.99. The van der Waals surface area contributed by atoms with Crippen molar-refractivity contribution in [3.05, 3.63) is 17.0 Å². The normalized spacial score (nSPS) is 11.7. The standard InChI is InChI=1S/C16H17NO7S/c1-21-10-5-8-6-11(25-15(8)17-14(10)23-3)13(19)9(16(20)24-4)7-12(18)22-2/h5-6,9H,7H2,1-4H3. The highest BCUT2D eigenvalue weighted by Gasteiger charge is 2.32. The Morgan fingerprint density at radius 3 is 2.36 bits per heavy atom. The van der Waals surface area contributed by atoms with Crippen molar-refractivity contribution in [2.45, 2.75) is 6.42 Å². The van der Waals surface area contributed by atoms with E-state index in [0.717, 1.165) is 18.4 Å². The van der Waals surface area contributed by atoms with E-state index in [2.05, 4.69) is 14.5 Å². The van der Waals surface area contributed by atoms with E-state index >= 15 is 0 Å². The van der Waals surface area contributed by atoms with Crippen molar-refractivity contribution in [2.75, 3.05) is 28.4 Å². The number of fused-ring (bicyclic) bond motifs is 1. The molecule has 134 valence electrons. The van der Waals surface area contributed by atoms with Gasteiger partial charge in [-0.1, -0.05) is 0 Å². The molecular weight excluding hydrogens is 350 g/mol. The molecule has 0 spiro atoms. The summed E-state index contributed by atoms with van der Waals surface area (Å²) < 4.78 is 19.5. The number of esters is 2. The van der Waals surface area contributed by atoms with Crippen LogP contribution in [0.2, 0.25) is 0 Å². The van der Waals surface area contributed by atoms with Crippen LogP contribution >= 0.6 is 11.3 Å². The number of aromatic nitrogens is 1. The van der Waals surface area contributed by atoms with Crippen molar-refractivity contribution in [3.63, 3.8) is 0 Å². The molecule has 0 saturated heterocycles. The average molecular weight is 367 g/mol. The molecule has 0 aliphatic carbocycles. The fourth-order valence-corrected chi connectivity index (χ4v) is 3.20. The quantitative estimate of drug-likeness (QED) is 0.415. The summed E-state index contributed by atoms with van der Waals surface area (Å²) in [7, 11) is 5.28. The lowest BCUT2D eigenvalue weighted by Gasteiger charge is -2.11. The van der Waals surface area contributed by atoms with Gasteiger partial charge in [0.1, 0.15) is 10.7 Å². The van der Waals surface area contributed by atoms with Crippen LogP contribution in [0.1, 0.15) is 16.1 Å². The van der Waals surface area contributed by atoms with Gasteiger partial charge in [-0.05, 0) is 12.1 Å². The summed E-state index contributed by atoms with van der Waals surface area (Å²) in [4.78, 5) is 41.2. The number of carbonyl (C=O) groups excluding carboxylic acids is 3. The molecule has 2 aromatic heterocycles. The van der Waals surface area contributed by atoms with Crippen molar-refractivity contribution in [3.8, 4) is 11.6 Å². The third kappa shape index (κ3) is 3.87. The van der Waals surface area contributed by atoms with Gasteiger partial charge in [-0.25, -0.2) is 0 Å². The van der Waals surface area contributed by atoms with E-state index in [0.29, 0.717) is 16.0 Å². The summed E-state index contributed by atoms with van der Waals surface area (Å²) in [6.07, 6.45) is -0.393. The number of hydrogen-bond donors (Lipinski definition) is 0. The van der Waals surface area contributed by atoms with Gasteiger partial charge in [0.25, 0.3) is 5.88 Å². The molecule has 0 saturated carbocycles. The van der Waals surface area contributed by atoms with Crippen molar-refractivity contribution in [1.82, 2.24) is 4.98 Å². The molecule has 0 fully saturated rings. The van der Waals surface area contributed by atoms with Crippen LogP contribution in [-0.4, -0.2) is 51.1 Å². The largest absolute Gasteiger partial charge is 0.491 e. The van der Waals surface area contributed by atoms with Crippen LogP contribution in [0.4, 0.5) is 0 Å². The molecule has 0 N–H and O–H groups in total. The number of hydrogen-bond acceptors (Lipinski definition) is 9. The minimum absolute atomic E-state index is 0.275. The van der Waals surface area contributed by atoms with Gasteiger partial charge in [-0.15, -0.1) is 11.3 Å². The minimum Gasteiger partial charge on any atom is -0.491 e. The number of rotatable bonds is 7. The Hall–Kier alpha value is -2.68. The number of Topliss-reactive ketones (excluding diaryl/α,β-unsaturated/α-hetero) is 1. The number of ketones is 1. The van der Waals surface area contributed by atoms with Gasteiger partial charge in [-0.2, -0.15) is 4.98 Å². The zero-order chi connectivity index (χ0) is 18.6. The Labute approximate surface area is 147 Å². The zero-order valence-corrected chi connectivity index (χ0v) is 15.0. The molecular formula is C16H17NO7S. The molecule has 0 aromatic carbocycles. The number of nitrogens with zero attached hydrogens (tertiary/aromatic N) is 1. The van der Waals surface area contributed by atoms with E-state index in [1.54, 1.807) is 12.1 Å². The first-order valence-corrected chi connectivity index (χ1v) is 7.98. The fourth-order valence-electron chi connectivity index (χ4n) is 2.20. The lowest BCUT2D eigenvalue weighted by molar-refractivity contribution is -0.150. The maximum atomic E-state index is 12.7. The molecule has 1 unspecified atom stereocenters. The Morgan fingerprint density at radius 2 is 1.80 bits per heavy atom. The third-order valence-electron chi connectivity index (χ3n) is 3.50. The summed E-state index contributed by atoms with van der Waals surface area (Å²) in [5.74, 6) is -2.56. The highest BCUT2D eigenvalue weighted by molar-refractivity contribution is 7.20. The van der Waals surface area contributed by atoms with E-state index in [-0.39, 0.29) is 10.8 Å². The molecule has 0 bridgehead atoms. The van der Waals surface area contributed by atoms with E-state index in [9.17, 15) is 14.4 Å². The maximum absolute atomic E-state index is 12.7. The second-order valence-electron chi connectivity index (χ2n) is 4.93. The number of methoxy groups -OCH3 is 4. The molecule has 0 radical (unpaired) electrons. The lowest BCUT2D eigenvalue weighted by Crippen LogP contribution is -2.28. The molecule has 0 aliphatic rings. The molecule has 9 heteroatoms. The number of pyridine rings is 1. The predicted molar refractivity (Wildman–Crippen MR) is 89.2 cm³/mol. The summed E-state index contributed by atoms with van der Waals surface area (Å²) in [5, 5.41) is 0.660. The maximum Gasteiger partial charge on any atom is 0.317 e. The zero-order valence-electron chi connectivity index (χ0n) is 14.2. The first-order chi connectivity index (χ1) is 11.9. The van der Waals surface area contributed by atoms with Crippen molar-refractivity contribution >= 4 is 39.3 Å². The molecule has 25 heavy (non-hydrogen) atoms. The van der Waals surface area contributed by atoms with Crippen LogP contribution in [0.25, 0.3) is 10.2 Å². The Bertz CT molecular complexity index is 773. The highest BCUT2D eigenvalue weighted by atomic mass is 32.1. The van der Waals surface area contributed by atoms with Crippen LogP contribution in [0.3, 0.4) is 0 Å². The predicted octanol–water partition coefficient (Wildman–Crippen LogP) is 1.85. The van der Waals surface area contributed by atoms with Gasteiger partial charge in [-0.3, -0.25) is 14.4 Å². The number of thiophene rings is 1. The van der Waals surface area contributed by atoms with Gasteiger partial charge in [0.15, 0.2) is 11.5 Å². The highest BCUT2D eigenvalue weighted by Crippen LogP contribution is 2.34. The number of carbonyl (C=O) groups is 3. The fraction of sp³-hybridized carbons (Fsp3) is 0.375. The van der Waals surface area contributed by atoms with E-state index < -0.39 is 30.1 Å². The third-order valence-corrected chi connectivity index (χ3v) is 4.56. The summed E-state index contributed by atoms with van der Waals surface area (Å²) >= 11 is 1.09. The van der Waals surface area contributed by atoms with Crippen LogP contribution in [0.15, 0.2) is 12.1 Å². The molecule has 2 rings (SSSR count). The summed E-state index contributed by atoms with van der Waals surface area (Å²) in [5.41, 5.74) is 0. The van der Waals surface area contributed by atoms with E-state index in [4.69, 9.17) is 9.47 Å². The topological polar surface area (TPSA) is 101 Å². The summed E-state index contributed by atoms with van der Waals surface area (Å²) in [6, 6.07) is 3.27.